The summed E-state index contributed by atoms with van der Waals surface area (Å²) in [5.41, 5.74) is 3.86. The van der Waals surface area contributed by atoms with Crippen molar-refractivity contribution in [2.75, 3.05) is 20.1 Å². The molecule has 1 atom stereocenters. The topological polar surface area (TPSA) is 52.6 Å². The van der Waals surface area contributed by atoms with E-state index in [1.54, 1.807) is 11.3 Å². The van der Waals surface area contributed by atoms with Crippen LogP contribution in [-0.4, -0.2) is 36.0 Å². The van der Waals surface area contributed by atoms with Crippen LogP contribution in [-0.2, 0) is 19.6 Å². The number of guanidine groups is 1. The van der Waals surface area contributed by atoms with Gasteiger partial charge < -0.3 is 10.6 Å². The van der Waals surface area contributed by atoms with E-state index in [0.717, 1.165) is 35.7 Å². The number of rotatable bonds is 6. The molecule has 1 aromatic carbocycles. The maximum absolute atomic E-state index is 4.59. The molecule has 7 heteroatoms. The molecule has 0 aliphatic carbocycles. The van der Waals surface area contributed by atoms with Crippen molar-refractivity contribution in [3.8, 4) is 0 Å². The first-order chi connectivity index (χ1) is 13.5. The van der Waals surface area contributed by atoms with Crippen molar-refractivity contribution in [3.63, 3.8) is 0 Å². The van der Waals surface area contributed by atoms with Gasteiger partial charge in [-0.3, -0.25) is 9.89 Å². The van der Waals surface area contributed by atoms with E-state index in [2.05, 4.69) is 70.5 Å². The van der Waals surface area contributed by atoms with Gasteiger partial charge >= 0.3 is 0 Å². The third-order valence-corrected chi connectivity index (χ3v) is 6.48. The average molecular weight is 528 g/mol. The molecule has 1 unspecified atom stereocenters. The van der Waals surface area contributed by atoms with Crippen molar-refractivity contribution in [3.05, 3.63) is 51.0 Å². The molecule has 1 aromatic heterocycles. The number of aryl methyl sites for hydroxylation is 2. The van der Waals surface area contributed by atoms with Crippen LogP contribution >= 0.6 is 35.3 Å². The highest BCUT2D eigenvalue weighted by atomic mass is 127. The molecule has 2 aromatic rings. The van der Waals surface area contributed by atoms with Gasteiger partial charge in [0.1, 0.15) is 5.01 Å². The number of nitrogens with zero attached hydrogens (tertiary/aromatic N) is 3. The highest BCUT2D eigenvalue weighted by Gasteiger charge is 2.17. The summed E-state index contributed by atoms with van der Waals surface area (Å²) in [6, 6.07) is 8.74. The minimum Gasteiger partial charge on any atom is -0.352 e. The monoisotopic (exact) mass is 527 g/mol. The number of hydrogen-bond acceptors (Lipinski definition) is 4. The van der Waals surface area contributed by atoms with Crippen molar-refractivity contribution < 1.29 is 0 Å². The molecule has 0 saturated carbocycles. The number of aliphatic imine (C=N–C) groups is 1. The highest BCUT2D eigenvalue weighted by Crippen LogP contribution is 2.19. The fourth-order valence-electron chi connectivity index (χ4n) is 3.73. The number of aromatic nitrogens is 1. The zero-order valence-corrected chi connectivity index (χ0v) is 21.1. The van der Waals surface area contributed by atoms with E-state index in [-0.39, 0.29) is 24.0 Å². The number of benzene rings is 1. The average Bonchev–Trinajstić information content (AvgIpc) is 3.01. The molecule has 1 aliphatic rings. The first-order valence-electron chi connectivity index (χ1n) is 10.2. The van der Waals surface area contributed by atoms with Crippen molar-refractivity contribution in [1.29, 1.82) is 0 Å². The Bertz CT molecular complexity index is 785. The van der Waals surface area contributed by atoms with Gasteiger partial charge in [0.2, 0.25) is 0 Å². The first kappa shape index (κ1) is 24.1. The van der Waals surface area contributed by atoms with Gasteiger partial charge in [-0.1, -0.05) is 31.2 Å². The second-order valence-corrected chi connectivity index (χ2v) is 9.07. The standard InChI is InChI=1S/C22H33N5S.HI/c1-16-8-7-11-27(14-16)15-20-10-6-5-9-19(20)12-24-22(23-4)25-13-21-26-17(2)18(3)28-21;/h5-6,9-10,16H,7-8,11-15H2,1-4H3,(H2,23,24,25);1H. The minimum absolute atomic E-state index is 0. The number of hydrogen-bond donors (Lipinski definition) is 2. The maximum Gasteiger partial charge on any atom is 0.191 e. The van der Waals surface area contributed by atoms with Gasteiger partial charge in [-0.25, -0.2) is 4.98 Å². The Labute approximate surface area is 196 Å². The summed E-state index contributed by atoms with van der Waals surface area (Å²) in [5.74, 6) is 1.62. The second kappa shape index (κ2) is 11.9. The van der Waals surface area contributed by atoms with Gasteiger partial charge in [0.15, 0.2) is 5.96 Å². The Morgan fingerprint density at radius 2 is 1.93 bits per heavy atom. The molecule has 0 spiro atoms. The van der Waals surface area contributed by atoms with Gasteiger partial charge in [-0.2, -0.15) is 0 Å². The summed E-state index contributed by atoms with van der Waals surface area (Å²) in [6.07, 6.45) is 2.67. The molecule has 1 fully saturated rings. The summed E-state index contributed by atoms with van der Waals surface area (Å²) in [4.78, 5) is 12.8. The molecule has 29 heavy (non-hydrogen) atoms. The van der Waals surface area contributed by atoms with E-state index in [4.69, 9.17) is 0 Å². The molecule has 0 amide bonds. The van der Waals surface area contributed by atoms with E-state index in [0.29, 0.717) is 6.54 Å². The van der Waals surface area contributed by atoms with Gasteiger partial charge in [0.05, 0.1) is 12.2 Å². The molecule has 2 heterocycles. The summed E-state index contributed by atoms with van der Waals surface area (Å²) in [6.45, 7) is 11.5. The van der Waals surface area contributed by atoms with E-state index >= 15 is 0 Å². The number of thiazole rings is 1. The quantitative estimate of drug-likeness (QED) is 0.331. The van der Waals surface area contributed by atoms with Crippen molar-refractivity contribution in [1.82, 2.24) is 20.5 Å². The Kier molecular flexibility index (Phi) is 9.85. The molecule has 0 radical (unpaired) electrons. The smallest absolute Gasteiger partial charge is 0.191 e. The van der Waals surface area contributed by atoms with Crippen LogP contribution in [0, 0.1) is 19.8 Å². The zero-order valence-electron chi connectivity index (χ0n) is 18.0. The number of likely N-dealkylation sites (tertiary alicyclic amines) is 1. The summed E-state index contributed by atoms with van der Waals surface area (Å²) in [7, 11) is 1.81. The molecule has 160 valence electrons. The van der Waals surface area contributed by atoms with Crippen LogP contribution in [0.2, 0.25) is 0 Å². The van der Waals surface area contributed by atoms with Gasteiger partial charge in [0.25, 0.3) is 0 Å². The Hall–Kier alpha value is -1.19. The first-order valence-corrected chi connectivity index (χ1v) is 11.0. The van der Waals surface area contributed by atoms with Crippen LogP contribution in [0.3, 0.4) is 0 Å². The lowest BCUT2D eigenvalue weighted by Gasteiger charge is -2.31. The minimum atomic E-state index is 0. The van der Waals surface area contributed by atoms with Crippen LogP contribution in [0.25, 0.3) is 0 Å². The van der Waals surface area contributed by atoms with Crippen LogP contribution in [0.15, 0.2) is 29.3 Å². The lowest BCUT2D eigenvalue weighted by molar-refractivity contribution is 0.176. The molecule has 3 rings (SSSR count). The fraction of sp³-hybridized carbons (Fsp3) is 0.545. The van der Waals surface area contributed by atoms with E-state index in [1.807, 2.05) is 7.05 Å². The summed E-state index contributed by atoms with van der Waals surface area (Å²) in [5, 5.41) is 7.94. The molecule has 2 N–H and O–H groups in total. The fourth-order valence-corrected chi connectivity index (χ4v) is 4.60. The summed E-state index contributed by atoms with van der Waals surface area (Å²) >= 11 is 1.74. The molecule has 5 nitrogen and oxygen atoms in total. The Morgan fingerprint density at radius 1 is 1.21 bits per heavy atom. The normalized spacial score (nSPS) is 17.7. The third-order valence-electron chi connectivity index (χ3n) is 5.40. The SMILES string of the molecule is CN=C(NCc1nc(C)c(C)s1)NCc1ccccc1CN1CCCC(C)C1.I. The largest absolute Gasteiger partial charge is 0.352 e. The third kappa shape index (κ3) is 7.22. The van der Waals surface area contributed by atoms with E-state index < -0.39 is 0 Å². The predicted molar refractivity (Wildman–Crippen MR) is 134 cm³/mol. The molecule has 0 bridgehead atoms. The number of piperidine rings is 1. The van der Waals surface area contributed by atoms with Crippen LogP contribution in [0.1, 0.15) is 46.5 Å². The van der Waals surface area contributed by atoms with Gasteiger partial charge in [-0.15, -0.1) is 35.3 Å². The molecule has 1 saturated heterocycles. The molecular weight excluding hydrogens is 493 g/mol. The highest BCUT2D eigenvalue weighted by molar-refractivity contribution is 14.0. The Morgan fingerprint density at radius 3 is 2.59 bits per heavy atom. The molecular formula is C22H34IN5S. The summed E-state index contributed by atoms with van der Waals surface area (Å²) < 4.78 is 0. The maximum atomic E-state index is 4.59. The van der Waals surface area contributed by atoms with Gasteiger partial charge in [-0.05, 0) is 50.3 Å². The van der Waals surface area contributed by atoms with Crippen LogP contribution in [0.4, 0.5) is 0 Å². The number of halogens is 1. The van der Waals surface area contributed by atoms with Gasteiger partial charge in [0, 0.05) is 31.6 Å². The van der Waals surface area contributed by atoms with E-state index in [1.165, 1.54) is 41.9 Å². The predicted octanol–water partition coefficient (Wildman–Crippen LogP) is 4.48. The van der Waals surface area contributed by atoms with E-state index in [9.17, 15) is 0 Å². The van der Waals surface area contributed by atoms with Crippen LogP contribution < -0.4 is 10.6 Å². The Balaban J connectivity index is 0.00000300. The lowest BCUT2D eigenvalue weighted by Crippen LogP contribution is -2.37. The second-order valence-electron chi connectivity index (χ2n) is 7.78. The van der Waals surface area contributed by atoms with Crippen molar-refractivity contribution in [2.24, 2.45) is 10.9 Å². The van der Waals surface area contributed by atoms with Crippen LogP contribution in [0.5, 0.6) is 0 Å². The van der Waals surface area contributed by atoms with Crippen molar-refractivity contribution >= 4 is 41.3 Å². The zero-order chi connectivity index (χ0) is 19.9. The number of nitrogens with one attached hydrogen (secondary N) is 2. The lowest BCUT2D eigenvalue weighted by atomic mass is 9.99. The molecule has 1 aliphatic heterocycles. The van der Waals surface area contributed by atoms with Crippen molar-refractivity contribution in [2.45, 2.75) is 53.2 Å².